The van der Waals surface area contributed by atoms with E-state index in [0.717, 1.165) is 5.56 Å². The molecule has 0 aliphatic heterocycles. The molecule has 154 valence electrons. The largest absolute Gasteiger partial charge is 0.460 e. The topological polar surface area (TPSA) is 154 Å². The summed E-state index contributed by atoms with van der Waals surface area (Å²) in [5.41, 5.74) is 2.46. The molecule has 10 heteroatoms. The van der Waals surface area contributed by atoms with Crippen molar-refractivity contribution in [1.29, 1.82) is 0 Å². The fourth-order valence-corrected chi connectivity index (χ4v) is 3.68. The average molecular weight is 409 g/mol. The summed E-state index contributed by atoms with van der Waals surface area (Å²) in [6, 6.07) is 7.87. The first-order valence-electron chi connectivity index (χ1n) is 9.17. The molecule has 10 nitrogen and oxygen atoms in total. The average Bonchev–Trinajstić information content (AvgIpc) is 3.39. The van der Waals surface area contributed by atoms with E-state index in [2.05, 4.69) is 20.4 Å². The van der Waals surface area contributed by atoms with Crippen molar-refractivity contribution < 1.29 is 9.34 Å². The Balaban J connectivity index is 1.91. The first-order valence-corrected chi connectivity index (χ1v) is 9.17. The van der Waals surface area contributed by atoms with Gasteiger partial charge in [0.15, 0.2) is 0 Å². The lowest BCUT2D eigenvalue weighted by molar-refractivity contribution is -0.384. The first kappa shape index (κ1) is 19.2. The summed E-state index contributed by atoms with van der Waals surface area (Å²) in [6.07, 6.45) is 0. The van der Waals surface area contributed by atoms with Crippen molar-refractivity contribution >= 4 is 5.69 Å². The molecule has 0 radical (unpaired) electrons. The Bertz CT molecular complexity index is 1310. The third-order valence-electron chi connectivity index (χ3n) is 5.21. The number of nitrogens with one attached hydrogen (secondary N) is 4. The van der Waals surface area contributed by atoms with Gasteiger partial charge in [-0.2, -0.15) is 0 Å². The number of benzene rings is 1. The van der Waals surface area contributed by atoms with E-state index < -0.39 is 10.8 Å². The van der Waals surface area contributed by atoms with E-state index in [-0.39, 0.29) is 16.8 Å². The van der Waals surface area contributed by atoms with Crippen molar-refractivity contribution in [2.24, 2.45) is 0 Å². The number of hydrogen-bond acceptors (Lipinski definition) is 5. The van der Waals surface area contributed by atoms with Crippen molar-refractivity contribution in [2.45, 2.75) is 26.7 Å². The molecule has 0 unspecified atom stereocenters. The van der Waals surface area contributed by atoms with Crippen LogP contribution in [0.25, 0.3) is 11.3 Å². The number of aromatic amines is 4. The zero-order valence-electron chi connectivity index (χ0n) is 16.5. The highest BCUT2D eigenvalue weighted by Crippen LogP contribution is 2.36. The molecular formula is C20H19N5O5. The molecule has 0 atom stereocenters. The lowest BCUT2D eigenvalue weighted by Gasteiger charge is -2.13. The van der Waals surface area contributed by atoms with E-state index in [4.69, 9.17) is 4.42 Å². The van der Waals surface area contributed by atoms with E-state index in [9.17, 15) is 19.7 Å². The van der Waals surface area contributed by atoms with Gasteiger partial charge in [0.2, 0.25) is 0 Å². The molecule has 3 heterocycles. The molecule has 4 aromatic rings. The van der Waals surface area contributed by atoms with Crippen LogP contribution >= 0.6 is 0 Å². The third-order valence-corrected chi connectivity index (χ3v) is 5.21. The Morgan fingerprint density at radius 2 is 1.50 bits per heavy atom. The zero-order valence-corrected chi connectivity index (χ0v) is 16.5. The molecule has 0 bridgehead atoms. The summed E-state index contributed by atoms with van der Waals surface area (Å²) < 4.78 is 6.06. The molecule has 0 spiro atoms. The fourth-order valence-electron chi connectivity index (χ4n) is 3.68. The highest BCUT2D eigenvalue weighted by atomic mass is 16.6. The highest BCUT2D eigenvalue weighted by molar-refractivity contribution is 5.66. The highest BCUT2D eigenvalue weighted by Gasteiger charge is 2.31. The lowest BCUT2D eigenvalue weighted by Crippen LogP contribution is -2.19. The summed E-state index contributed by atoms with van der Waals surface area (Å²) >= 11 is 0. The second-order valence-corrected chi connectivity index (χ2v) is 7.13. The lowest BCUT2D eigenvalue weighted by atomic mass is 9.89. The van der Waals surface area contributed by atoms with E-state index in [1.54, 1.807) is 32.0 Å². The van der Waals surface area contributed by atoms with Crippen molar-refractivity contribution in [3.63, 3.8) is 0 Å². The summed E-state index contributed by atoms with van der Waals surface area (Å²) in [4.78, 5) is 35.7. The van der Waals surface area contributed by atoms with Crippen molar-refractivity contribution in [2.75, 3.05) is 0 Å². The Morgan fingerprint density at radius 1 is 0.900 bits per heavy atom. The van der Waals surface area contributed by atoms with E-state index in [0.29, 0.717) is 39.6 Å². The van der Waals surface area contributed by atoms with Gasteiger partial charge >= 0.3 is 0 Å². The molecule has 30 heavy (non-hydrogen) atoms. The second kappa shape index (κ2) is 7.07. The zero-order chi connectivity index (χ0) is 21.6. The number of nitro groups is 1. The van der Waals surface area contributed by atoms with Gasteiger partial charge in [0.1, 0.15) is 11.5 Å². The Morgan fingerprint density at radius 3 is 2.00 bits per heavy atom. The second-order valence-electron chi connectivity index (χ2n) is 7.13. The minimum absolute atomic E-state index is 0.0547. The van der Waals surface area contributed by atoms with Crippen LogP contribution in [0.4, 0.5) is 5.69 Å². The number of H-pyrrole nitrogens is 4. The van der Waals surface area contributed by atoms with Crippen LogP contribution in [-0.4, -0.2) is 25.3 Å². The van der Waals surface area contributed by atoms with Crippen molar-refractivity contribution in [3.8, 4) is 11.3 Å². The van der Waals surface area contributed by atoms with Crippen LogP contribution in [0.15, 0.2) is 44.3 Å². The van der Waals surface area contributed by atoms with Crippen LogP contribution in [-0.2, 0) is 0 Å². The molecule has 3 aromatic heterocycles. The maximum Gasteiger partial charge on any atom is 0.270 e. The van der Waals surface area contributed by atoms with Crippen molar-refractivity contribution in [1.82, 2.24) is 20.4 Å². The quantitative estimate of drug-likeness (QED) is 0.295. The van der Waals surface area contributed by atoms with E-state index in [1.807, 2.05) is 6.92 Å². The maximum absolute atomic E-state index is 12.5. The van der Waals surface area contributed by atoms with Crippen LogP contribution in [0, 0.1) is 30.9 Å². The van der Waals surface area contributed by atoms with Gasteiger partial charge in [-0.1, -0.05) is 6.07 Å². The third kappa shape index (κ3) is 3.08. The fraction of sp³-hybridized carbons (Fsp3) is 0.200. The number of aromatic nitrogens is 4. The SMILES string of the molecule is Cc1ccc([N+](=O)[O-])cc1-c1ccc(C(c2c(C)[nH][nH]c2=O)c2c(C)[nH][nH]c2=O)o1. The van der Waals surface area contributed by atoms with E-state index >= 15 is 0 Å². The minimum Gasteiger partial charge on any atom is -0.460 e. The standard InChI is InChI=1S/C20H19N5O5/c1-9-4-5-12(25(28)29)8-13(9)14-6-7-15(30-14)18(16-10(2)21-23-19(16)26)17-11(3)22-24-20(17)27/h4-8,18H,1-3H3,(H2,21,23,26)(H2,22,24,27). The van der Waals surface area contributed by atoms with Crippen LogP contribution in [0.5, 0.6) is 0 Å². The molecule has 0 aliphatic rings. The molecule has 0 saturated heterocycles. The Hall–Kier alpha value is -4.08. The molecule has 4 N–H and O–H groups in total. The number of furan rings is 1. The molecule has 0 fully saturated rings. The Kier molecular flexibility index (Phi) is 4.53. The maximum atomic E-state index is 12.5. The van der Waals surface area contributed by atoms with E-state index in [1.165, 1.54) is 12.1 Å². The molecular weight excluding hydrogens is 390 g/mol. The van der Waals surface area contributed by atoms with Gasteiger partial charge in [0, 0.05) is 29.1 Å². The normalized spacial score (nSPS) is 11.3. The summed E-state index contributed by atoms with van der Waals surface area (Å²) in [7, 11) is 0. The summed E-state index contributed by atoms with van der Waals surface area (Å²) in [5.74, 6) is 0.0190. The first-order chi connectivity index (χ1) is 14.3. The number of non-ortho nitro benzene ring substituents is 1. The van der Waals surface area contributed by atoms with Gasteiger partial charge in [-0.15, -0.1) is 0 Å². The molecule has 0 saturated carbocycles. The number of rotatable bonds is 5. The predicted octanol–water partition coefficient (Wildman–Crippen LogP) is 2.99. The van der Waals surface area contributed by atoms with Crippen LogP contribution in [0.3, 0.4) is 0 Å². The molecule has 4 rings (SSSR count). The van der Waals surface area contributed by atoms with Gasteiger partial charge in [-0.05, 0) is 38.5 Å². The summed E-state index contributed by atoms with van der Waals surface area (Å²) in [6.45, 7) is 5.27. The monoisotopic (exact) mass is 409 g/mol. The smallest absolute Gasteiger partial charge is 0.270 e. The van der Waals surface area contributed by atoms with Gasteiger partial charge in [0.25, 0.3) is 16.8 Å². The van der Waals surface area contributed by atoms with Crippen molar-refractivity contribution in [3.05, 3.63) is 95.0 Å². The van der Waals surface area contributed by atoms with Crippen LogP contribution in [0.2, 0.25) is 0 Å². The molecule has 0 amide bonds. The number of nitro benzene ring substituents is 1. The summed E-state index contributed by atoms with van der Waals surface area (Å²) in [5, 5.41) is 21.8. The molecule has 0 aliphatic carbocycles. The van der Waals surface area contributed by atoms with Crippen LogP contribution < -0.4 is 11.1 Å². The predicted molar refractivity (Wildman–Crippen MR) is 109 cm³/mol. The van der Waals surface area contributed by atoms with Gasteiger partial charge in [0.05, 0.1) is 22.0 Å². The number of nitrogens with zero attached hydrogens (tertiary/aromatic N) is 1. The van der Waals surface area contributed by atoms with Gasteiger partial charge < -0.3 is 14.6 Å². The Labute approximate surface area is 169 Å². The van der Waals surface area contributed by atoms with Gasteiger partial charge in [-0.25, -0.2) is 0 Å². The minimum atomic E-state index is -0.761. The molecule has 1 aromatic carbocycles. The number of hydrogen-bond donors (Lipinski definition) is 4. The van der Waals surface area contributed by atoms with Gasteiger partial charge in [-0.3, -0.25) is 29.9 Å². The number of aryl methyl sites for hydroxylation is 3. The van der Waals surface area contributed by atoms with Crippen LogP contribution in [0.1, 0.15) is 39.8 Å².